The van der Waals surface area contributed by atoms with Crippen LogP contribution in [0.25, 0.3) is 0 Å². The van der Waals surface area contributed by atoms with Gasteiger partial charge in [-0.2, -0.15) is 0 Å². The molecular formula is C17H17NO. The van der Waals surface area contributed by atoms with Gasteiger partial charge in [0.05, 0.1) is 0 Å². The van der Waals surface area contributed by atoms with Gasteiger partial charge in [-0.05, 0) is 17.5 Å². The average Bonchev–Trinajstić information content (AvgIpc) is 2.45. The summed E-state index contributed by atoms with van der Waals surface area (Å²) in [5, 5.41) is 0. The van der Waals surface area contributed by atoms with Crippen molar-refractivity contribution in [3.8, 4) is 0 Å². The van der Waals surface area contributed by atoms with E-state index in [1.807, 2.05) is 66.7 Å². The molecule has 2 N–H and O–H groups in total. The third-order valence-electron chi connectivity index (χ3n) is 2.98. The van der Waals surface area contributed by atoms with Crippen LogP contribution in [0, 0.1) is 0 Å². The normalized spacial score (nSPS) is 11.3. The van der Waals surface area contributed by atoms with Crippen molar-refractivity contribution < 1.29 is 4.79 Å². The molecule has 2 aromatic rings. The molecule has 0 atom stereocenters. The Kier molecular flexibility index (Phi) is 4.51. The maximum Gasteiger partial charge on any atom is 0.244 e. The highest BCUT2D eigenvalue weighted by Crippen LogP contribution is 2.10. The lowest BCUT2D eigenvalue weighted by atomic mass is 10.0. The van der Waals surface area contributed by atoms with Crippen molar-refractivity contribution in [2.75, 3.05) is 0 Å². The number of nitrogens with two attached hydrogens (primary N) is 1. The molecule has 0 aliphatic rings. The van der Waals surface area contributed by atoms with Gasteiger partial charge < -0.3 is 5.73 Å². The molecule has 2 nitrogen and oxygen atoms in total. The van der Waals surface area contributed by atoms with Crippen molar-refractivity contribution in [2.24, 2.45) is 5.73 Å². The smallest absolute Gasteiger partial charge is 0.244 e. The minimum atomic E-state index is -0.347. The molecule has 19 heavy (non-hydrogen) atoms. The Hall–Kier alpha value is -2.35. The molecule has 0 saturated heterocycles. The summed E-state index contributed by atoms with van der Waals surface area (Å²) < 4.78 is 0. The standard InChI is InChI=1S/C17H17NO/c18-17(19)16(13-15-9-5-2-6-10-15)12-11-14-7-3-1-4-8-14/h1-10,12H,11,13H2,(H2,18,19). The summed E-state index contributed by atoms with van der Waals surface area (Å²) in [4.78, 5) is 11.5. The Morgan fingerprint density at radius 1 is 0.895 bits per heavy atom. The summed E-state index contributed by atoms with van der Waals surface area (Å²) in [6, 6.07) is 19.9. The predicted molar refractivity (Wildman–Crippen MR) is 77.6 cm³/mol. The van der Waals surface area contributed by atoms with Crippen LogP contribution in [-0.4, -0.2) is 5.91 Å². The van der Waals surface area contributed by atoms with E-state index in [-0.39, 0.29) is 5.91 Å². The second kappa shape index (κ2) is 6.55. The molecule has 0 aromatic heterocycles. The average molecular weight is 251 g/mol. The Balaban J connectivity index is 2.10. The van der Waals surface area contributed by atoms with Crippen LogP contribution in [0.15, 0.2) is 72.3 Å². The van der Waals surface area contributed by atoms with Crippen LogP contribution < -0.4 is 5.73 Å². The van der Waals surface area contributed by atoms with Crippen LogP contribution in [0.5, 0.6) is 0 Å². The van der Waals surface area contributed by atoms with Gasteiger partial charge in [0.15, 0.2) is 0 Å². The fraction of sp³-hybridized carbons (Fsp3) is 0.118. The first-order chi connectivity index (χ1) is 9.25. The second-order valence-corrected chi connectivity index (χ2v) is 4.45. The monoisotopic (exact) mass is 251 g/mol. The maximum absolute atomic E-state index is 11.5. The van der Waals surface area contributed by atoms with Crippen LogP contribution in [-0.2, 0) is 17.6 Å². The molecule has 0 bridgehead atoms. The van der Waals surface area contributed by atoms with Crippen molar-refractivity contribution in [3.05, 3.63) is 83.4 Å². The lowest BCUT2D eigenvalue weighted by molar-refractivity contribution is -0.114. The number of rotatable bonds is 5. The molecule has 96 valence electrons. The van der Waals surface area contributed by atoms with Gasteiger partial charge in [-0.1, -0.05) is 66.7 Å². The minimum absolute atomic E-state index is 0.347. The highest BCUT2D eigenvalue weighted by atomic mass is 16.1. The molecule has 0 heterocycles. The van der Waals surface area contributed by atoms with E-state index in [1.54, 1.807) is 0 Å². The van der Waals surface area contributed by atoms with E-state index < -0.39 is 0 Å². The van der Waals surface area contributed by atoms with Gasteiger partial charge in [-0.3, -0.25) is 4.79 Å². The Bertz CT molecular complexity index is 558. The zero-order valence-corrected chi connectivity index (χ0v) is 10.8. The fourth-order valence-corrected chi connectivity index (χ4v) is 1.93. The van der Waals surface area contributed by atoms with Crippen molar-refractivity contribution in [3.63, 3.8) is 0 Å². The van der Waals surface area contributed by atoms with Crippen LogP contribution in [0.2, 0.25) is 0 Å². The fourth-order valence-electron chi connectivity index (χ4n) is 1.93. The minimum Gasteiger partial charge on any atom is -0.366 e. The van der Waals surface area contributed by atoms with Crippen LogP contribution in [0.1, 0.15) is 11.1 Å². The summed E-state index contributed by atoms with van der Waals surface area (Å²) >= 11 is 0. The number of primary amides is 1. The molecule has 0 aliphatic heterocycles. The van der Waals surface area contributed by atoms with E-state index in [2.05, 4.69) is 0 Å². The molecular weight excluding hydrogens is 234 g/mol. The number of carbonyl (C=O) groups is 1. The molecule has 1 amide bonds. The van der Waals surface area contributed by atoms with Crippen LogP contribution in [0.4, 0.5) is 0 Å². The zero-order chi connectivity index (χ0) is 13.5. The van der Waals surface area contributed by atoms with Gasteiger partial charge in [0.2, 0.25) is 5.91 Å². The third kappa shape index (κ3) is 4.11. The summed E-state index contributed by atoms with van der Waals surface area (Å²) in [6.45, 7) is 0. The lowest BCUT2D eigenvalue weighted by Gasteiger charge is -2.04. The van der Waals surface area contributed by atoms with E-state index in [0.29, 0.717) is 12.0 Å². The van der Waals surface area contributed by atoms with Crippen molar-refractivity contribution in [1.29, 1.82) is 0 Å². The summed E-state index contributed by atoms with van der Waals surface area (Å²) in [5.74, 6) is -0.347. The van der Waals surface area contributed by atoms with Crippen molar-refractivity contribution in [2.45, 2.75) is 12.8 Å². The van der Waals surface area contributed by atoms with Crippen molar-refractivity contribution in [1.82, 2.24) is 0 Å². The first kappa shape index (κ1) is 13.1. The second-order valence-electron chi connectivity index (χ2n) is 4.45. The van der Waals surface area contributed by atoms with E-state index in [4.69, 9.17) is 5.73 Å². The Morgan fingerprint density at radius 3 is 1.95 bits per heavy atom. The number of allylic oxidation sites excluding steroid dienone is 1. The van der Waals surface area contributed by atoms with Crippen LogP contribution >= 0.6 is 0 Å². The predicted octanol–water partition coefficient (Wildman–Crippen LogP) is 2.88. The highest BCUT2D eigenvalue weighted by molar-refractivity contribution is 5.92. The largest absolute Gasteiger partial charge is 0.366 e. The first-order valence-corrected chi connectivity index (χ1v) is 6.32. The van der Waals surface area contributed by atoms with Gasteiger partial charge in [0.1, 0.15) is 0 Å². The molecule has 0 spiro atoms. The van der Waals surface area contributed by atoms with E-state index >= 15 is 0 Å². The Morgan fingerprint density at radius 2 is 1.42 bits per heavy atom. The first-order valence-electron chi connectivity index (χ1n) is 6.32. The quantitative estimate of drug-likeness (QED) is 0.816. The molecule has 0 unspecified atom stereocenters. The number of carbonyl (C=O) groups excluding carboxylic acids is 1. The lowest BCUT2D eigenvalue weighted by Crippen LogP contribution is -2.16. The van der Waals surface area contributed by atoms with E-state index in [1.165, 1.54) is 5.56 Å². The summed E-state index contributed by atoms with van der Waals surface area (Å²) in [5.41, 5.74) is 8.38. The molecule has 2 aromatic carbocycles. The van der Waals surface area contributed by atoms with Gasteiger partial charge in [-0.25, -0.2) is 0 Å². The number of benzene rings is 2. The maximum atomic E-state index is 11.5. The van der Waals surface area contributed by atoms with Gasteiger partial charge in [0.25, 0.3) is 0 Å². The topological polar surface area (TPSA) is 43.1 Å². The van der Waals surface area contributed by atoms with E-state index in [9.17, 15) is 4.79 Å². The third-order valence-corrected chi connectivity index (χ3v) is 2.98. The van der Waals surface area contributed by atoms with Crippen molar-refractivity contribution >= 4 is 5.91 Å². The Labute approximate surface area is 113 Å². The molecule has 0 saturated carbocycles. The van der Waals surface area contributed by atoms with Gasteiger partial charge in [-0.15, -0.1) is 0 Å². The molecule has 0 radical (unpaired) electrons. The van der Waals surface area contributed by atoms with E-state index in [0.717, 1.165) is 12.0 Å². The van der Waals surface area contributed by atoms with Gasteiger partial charge in [0, 0.05) is 12.0 Å². The number of amides is 1. The molecule has 2 rings (SSSR count). The SMILES string of the molecule is NC(=O)C(=CCc1ccccc1)Cc1ccccc1. The number of hydrogen-bond donors (Lipinski definition) is 1. The summed E-state index contributed by atoms with van der Waals surface area (Å²) in [7, 11) is 0. The molecule has 0 fully saturated rings. The molecule has 2 heteroatoms. The highest BCUT2D eigenvalue weighted by Gasteiger charge is 2.05. The number of hydrogen-bond acceptors (Lipinski definition) is 1. The van der Waals surface area contributed by atoms with Crippen LogP contribution in [0.3, 0.4) is 0 Å². The van der Waals surface area contributed by atoms with Gasteiger partial charge >= 0.3 is 0 Å². The zero-order valence-electron chi connectivity index (χ0n) is 10.8. The molecule has 0 aliphatic carbocycles. The summed E-state index contributed by atoms with van der Waals surface area (Å²) in [6.07, 6.45) is 3.24.